The van der Waals surface area contributed by atoms with Crippen molar-refractivity contribution in [1.29, 1.82) is 0 Å². The van der Waals surface area contributed by atoms with Crippen molar-refractivity contribution in [3.05, 3.63) is 152 Å². The molecule has 9 rings (SSSR count). The number of hydrogen-bond donors (Lipinski definition) is 0. The van der Waals surface area contributed by atoms with E-state index in [1.807, 2.05) is 11.3 Å². The molecule has 9 aromatic rings. The van der Waals surface area contributed by atoms with Crippen molar-refractivity contribution in [2.45, 2.75) is 0 Å². The summed E-state index contributed by atoms with van der Waals surface area (Å²) in [4.78, 5) is 0. The third-order valence-corrected chi connectivity index (χ3v) is 9.68. The lowest BCUT2D eigenvalue weighted by atomic mass is 9.98. The van der Waals surface area contributed by atoms with Gasteiger partial charge in [0, 0.05) is 36.6 Å². The average molecular weight is 552 g/mol. The number of thiophene rings is 1. The monoisotopic (exact) mass is 551 g/mol. The van der Waals surface area contributed by atoms with Gasteiger partial charge in [-0.15, -0.1) is 11.3 Å². The Morgan fingerprint density at radius 2 is 1.02 bits per heavy atom. The number of fused-ring (bicyclic) bond motifs is 8. The minimum Gasteiger partial charge on any atom is -0.309 e. The topological polar surface area (TPSA) is 4.93 Å². The minimum atomic E-state index is 1.17. The summed E-state index contributed by atoms with van der Waals surface area (Å²) >= 11 is 1.88. The van der Waals surface area contributed by atoms with Gasteiger partial charge in [0.05, 0.1) is 11.0 Å². The fourth-order valence-corrected chi connectivity index (χ4v) is 7.75. The maximum atomic E-state index is 2.46. The van der Waals surface area contributed by atoms with Gasteiger partial charge in [-0.3, -0.25) is 0 Å². The van der Waals surface area contributed by atoms with E-state index in [2.05, 4.69) is 156 Å². The lowest BCUT2D eigenvalue weighted by Crippen LogP contribution is -1.96. The van der Waals surface area contributed by atoms with Crippen LogP contribution in [0.15, 0.2) is 152 Å². The molecule has 0 radical (unpaired) electrons. The second-order valence-corrected chi connectivity index (χ2v) is 12.1. The Labute approximate surface area is 247 Å². The Morgan fingerprint density at radius 1 is 0.381 bits per heavy atom. The summed E-state index contributed by atoms with van der Waals surface area (Å²) in [6.45, 7) is 0. The van der Waals surface area contributed by atoms with E-state index in [1.165, 1.54) is 80.7 Å². The van der Waals surface area contributed by atoms with Crippen molar-refractivity contribution in [2.24, 2.45) is 0 Å². The van der Waals surface area contributed by atoms with Crippen molar-refractivity contribution in [3.8, 4) is 27.9 Å². The highest BCUT2D eigenvalue weighted by molar-refractivity contribution is 7.26. The van der Waals surface area contributed by atoms with E-state index < -0.39 is 0 Å². The Kier molecular flexibility index (Phi) is 5.13. The first-order chi connectivity index (χ1) is 20.8. The molecule has 0 N–H and O–H groups in total. The second-order valence-electron chi connectivity index (χ2n) is 11.0. The number of aromatic nitrogens is 1. The predicted molar refractivity (Wildman–Crippen MR) is 182 cm³/mol. The van der Waals surface area contributed by atoms with Crippen LogP contribution >= 0.6 is 11.3 Å². The van der Waals surface area contributed by atoms with Gasteiger partial charge in [0.25, 0.3) is 0 Å². The molecule has 0 atom stereocenters. The number of para-hydroxylation sites is 1. The molecule has 0 bridgehead atoms. The molecule has 0 aliphatic rings. The first-order valence-electron chi connectivity index (χ1n) is 14.4. The van der Waals surface area contributed by atoms with Gasteiger partial charge in [-0.2, -0.15) is 0 Å². The molecule has 196 valence electrons. The van der Waals surface area contributed by atoms with E-state index in [0.717, 1.165) is 0 Å². The van der Waals surface area contributed by atoms with Gasteiger partial charge < -0.3 is 4.57 Å². The van der Waals surface area contributed by atoms with Crippen LogP contribution in [0.1, 0.15) is 0 Å². The predicted octanol–water partition coefficient (Wildman–Crippen LogP) is 11.6. The molecule has 0 aliphatic carbocycles. The first kappa shape index (κ1) is 23.5. The standard InChI is InChI=1S/C40H25NS/c1-3-11-26(12-4-1)29-21-30(27-13-5-2-6-14-27)23-31(22-29)41-36-17-9-7-15-32(36)35-25-34-28(24-37(35)41)19-20-39-40(34)33-16-8-10-18-38(33)42-39/h1-25H. The van der Waals surface area contributed by atoms with Crippen molar-refractivity contribution in [1.82, 2.24) is 4.57 Å². The minimum absolute atomic E-state index is 1.17. The van der Waals surface area contributed by atoms with E-state index in [9.17, 15) is 0 Å². The second kappa shape index (κ2) is 9.17. The van der Waals surface area contributed by atoms with Gasteiger partial charge in [0.1, 0.15) is 0 Å². The zero-order valence-electron chi connectivity index (χ0n) is 22.8. The van der Waals surface area contributed by atoms with Crippen LogP contribution < -0.4 is 0 Å². The SMILES string of the molecule is c1ccc(-c2cc(-c3ccccc3)cc(-n3c4ccccc4c4cc5c(ccc6sc7ccccc7c65)cc43)c2)cc1. The van der Waals surface area contributed by atoms with Gasteiger partial charge >= 0.3 is 0 Å². The lowest BCUT2D eigenvalue weighted by Gasteiger charge is -2.14. The smallest absolute Gasteiger partial charge is 0.0547 e. The molecule has 0 saturated heterocycles. The molecular weight excluding hydrogens is 527 g/mol. The Morgan fingerprint density at radius 3 is 1.76 bits per heavy atom. The number of nitrogens with zero attached hydrogens (tertiary/aromatic N) is 1. The molecule has 1 nitrogen and oxygen atoms in total. The largest absolute Gasteiger partial charge is 0.309 e. The highest BCUT2D eigenvalue weighted by atomic mass is 32.1. The third-order valence-electron chi connectivity index (χ3n) is 8.54. The summed E-state index contributed by atoms with van der Waals surface area (Å²) in [5, 5.41) is 7.86. The van der Waals surface area contributed by atoms with E-state index in [1.54, 1.807) is 0 Å². The molecule has 2 heteroatoms. The molecule has 42 heavy (non-hydrogen) atoms. The zero-order chi connectivity index (χ0) is 27.6. The number of rotatable bonds is 3. The van der Waals surface area contributed by atoms with Crippen LogP contribution in [-0.2, 0) is 0 Å². The van der Waals surface area contributed by atoms with Crippen LogP contribution in [0.25, 0.3) is 80.7 Å². The van der Waals surface area contributed by atoms with E-state index >= 15 is 0 Å². The van der Waals surface area contributed by atoms with Crippen LogP contribution in [0.4, 0.5) is 0 Å². The van der Waals surface area contributed by atoms with Crippen molar-refractivity contribution >= 4 is 64.1 Å². The molecule has 0 fully saturated rings. The molecular formula is C40H25NS. The average Bonchev–Trinajstić information content (AvgIpc) is 3.60. The van der Waals surface area contributed by atoms with Crippen molar-refractivity contribution in [3.63, 3.8) is 0 Å². The number of hydrogen-bond acceptors (Lipinski definition) is 1. The van der Waals surface area contributed by atoms with E-state index in [-0.39, 0.29) is 0 Å². The molecule has 2 aromatic heterocycles. The molecule has 7 aromatic carbocycles. The van der Waals surface area contributed by atoms with Crippen LogP contribution in [0, 0.1) is 0 Å². The van der Waals surface area contributed by atoms with E-state index in [0.29, 0.717) is 0 Å². The summed E-state index contributed by atoms with van der Waals surface area (Å²) in [7, 11) is 0. The Bertz CT molecular complexity index is 2390. The summed E-state index contributed by atoms with van der Waals surface area (Å²) < 4.78 is 5.14. The van der Waals surface area contributed by atoms with Crippen LogP contribution in [0.3, 0.4) is 0 Å². The molecule has 0 unspecified atom stereocenters. The Balaban J connectivity index is 1.39. The van der Waals surface area contributed by atoms with Crippen LogP contribution in [0.2, 0.25) is 0 Å². The van der Waals surface area contributed by atoms with Gasteiger partial charge in [-0.1, -0.05) is 103 Å². The quantitative estimate of drug-likeness (QED) is 0.206. The Hall–Kier alpha value is -5.18. The zero-order valence-corrected chi connectivity index (χ0v) is 23.6. The molecule has 0 aliphatic heterocycles. The third kappa shape index (κ3) is 3.56. The summed E-state index contributed by atoms with van der Waals surface area (Å²) in [6, 6.07) is 55.5. The van der Waals surface area contributed by atoms with Gasteiger partial charge in [-0.05, 0) is 81.6 Å². The summed E-state index contributed by atoms with van der Waals surface area (Å²) in [5.74, 6) is 0. The molecule has 0 amide bonds. The van der Waals surface area contributed by atoms with Crippen molar-refractivity contribution < 1.29 is 0 Å². The molecule has 2 heterocycles. The van der Waals surface area contributed by atoms with E-state index in [4.69, 9.17) is 0 Å². The van der Waals surface area contributed by atoms with Crippen molar-refractivity contribution in [2.75, 3.05) is 0 Å². The maximum absolute atomic E-state index is 2.46. The molecule has 0 saturated carbocycles. The first-order valence-corrected chi connectivity index (χ1v) is 15.2. The summed E-state index contributed by atoms with van der Waals surface area (Å²) in [6.07, 6.45) is 0. The normalized spacial score (nSPS) is 11.8. The van der Waals surface area contributed by atoms with Crippen LogP contribution in [0.5, 0.6) is 0 Å². The highest BCUT2D eigenvalue weighted by Gasteiger charge is 2.17. The summed E-state index contributed by atoms with van der Waals surface area (Å²) in [5.41, 5.74) is 8.48. The highest BCUT2D eigenvalue weighted by Crippen LogP contribution is 2.42. The number of benzene rings is 7. The van der Waals surface area contributed by atoms with Gasteiger partial charge in [0.2, 0.25) is 0 Å². The lowest BCUT2D eigenvalue weighted by molar-refractivity contribution is 1.18. The maximum Gasteiger partial charge on any atom is 0.0547 e. The van der Waals surface area contributed by atoms with Gasteiger partial charge in [-0.25, -0.2) is 0 Å². The van der Waals surface area contributed by atoms with Crippen LogP contribution in [-0.4, -0.2) is 4.57 Å². The van der Waals surface area contributed by atoms with Gasteiger partial charge in [0.15, 0.2) is 0 Å². The fraction of sp³-hybridized carbons (Fsp3) is 0. The fourth-order valence-electron chi connectivity index (χ4n) is 6.62. The molecule has 0 spiro atoms.